The summed E-state index contributed by atoms with van der Waals surface area (Å²) in [6.07, 6.45) is 0.637. The summed E-state index contributed by atoms with van der Waals surface area (Å²) in [4.78, 5) is 0. The third kappa shape index (κ3) is 4.78. The summed E-state index contributed by atoms with van der Waals surface area (Å²) in [5, 5.41) is 0. The maximum absolute atomic E-state index is 6.23. The third-order valence-corrected chi connectivity index (χ3v) is 3.24. The van der Waals surface area contributed by atoms with Gasteiger partial charge in [0.15, 0.2) is 0 Å². The van der Waals surface area contributed by atoms with Crippen molar-refractivity contribution in [1.82, 2.24) is 0 Å². The molecule has 0 aromatic heterocycles. The van der Waals surface area contributed by atoms with Crippen molar-refractivity contribution in [1.29, 1.82) is 0 Å². The second-order valence-electron chi connectivity index (χ2n) is 4.84. The number of ether oxygens (including phenoxy) is 3. The molecule has 4 nitrogen and oxygen atoms in total. The van der Waals surface area contributed by atoms with Crippen molar-refractivity contribution in [3.63, 3.8) is 0 Å². The molecule has 0 amide bonds. The van der Waals surface area contributed by atoms with Crippen molar-refractivity contribution < 1.29 is 14.2 Å². The standard InChI is InChI=1S/C16H27NO3/c1-5-14(17)16(20-12(3)11-19-6-2)13-9-7-8-10-15(13)18-4/h7-10,12,14,16H,5-6,11,17H2,1-4H3. The summed E-state index contributed by atoms with van der Waals surface area (Å²) in [7, 11) is 1.66. The smallest absolute Gasteiger partial charge is 0.124 e. The minimum atomic E-state index is -0.188. The lowest BCUT2D eigenvalue weighted by molar-refractivity contribution is -0.0580. The Morgan fingerprint density at radius 2 is 1.90 bits per heavy atom. The highest BCUT2D eigenvalue weighted by atomic mass is 16.5. The lowest BCUT2D eigenvalue weighted by atomic mass is 9.99. The molecule has 0 aliphatic rings. The van der Waals surface area contributed by atoms with Crippen LogP contribution in [0.1, 0.15) is 38.9 Å². The molecular formula is C16H27NO3. The fourth-order valence-electron chi connectivity index (χ4n) is 2.09. The Morgan fingerprint density at radius 1 is 1.20 bits per heavy atom. The van der Waals surface area contributed by atoms with E-state index in [1.54, 1.807) is 7.11 Å². The zero-order chi connectivity index (χ0) is 15.0. The van der Waals surface area contributed by atoms with Crippen LogP contribution >= 0.6 is 0 Å². The normalized spacial score (nSPS) is 15.7. The number of hydrogen-bond acceptors (Lipinski definition) is 4. The largest absolute Gasteiger partial charge is 0.496 e. The summed E-state index contributed by atoms with van der Waals surface area (Å²) < 4.78 is 16.9. The van der Waals surface area contributed by atoms with Gasteiger partial charge in [0.05, 0.1) is 19.8 Å². The van der Waals surface area contributed by atoms with Crippen molar-refractivity contribution in [3.05, 3.63) is 29.8 Å². The maximum atomic E-state index is 6.23. The average molecular weight is 281 g/mol. The Hall–Kier alpha value is -1.10. The number of nitrogens with two attached hydrogens (primary N) is 1. The molecule has 1 aromatic carbocycles. The van der Waals surface area contributed by atoms with E-state index in [9.17, 15) is 0 Å². The van der Waals surface area contributed by atoms with Crippen LogP contribution in [0.5, 0.6) is 5.75 Å². The summed E-state index contributed by atoms with van der Waals surface area (Å²) in [5.74, 6) is 0.810. The van der Waals surface area contributed by atoms with Gasteiger partial charge < -0.3 is 19.9 Å². The van der Waals surface area contributed by atoms with Crippen LogP contribution in [0.3, 0.4) is 0 Å². The summed E-state index contributed by atoms with van der Waals surface area (Å²) in [5.41, 5.74) is 7.22. The molecule has 0 bridgehead atoms. The lowest BCUT2D eigenvalue weighted by Gasteiger charge is -2.28. The molecule has 0 heterocycles. The Labute approximate surface area is 122 Å². The Bertz CT molecular complexity index is 384. The van der Waals surface area contributed by atoms with Crippen molar-refractivity contribution >= 4 is 0 Å². The van der Waals surface area contributed by atoms with E-state index in [1.807, 2.05) is 38.1 Å². The Balaban J connectivity index is 2.88. The van der Waals surface area contributed by atoms with Gasteiger partial charge in [0, 0.05) is 18.2 Å². The first kappa shape index (κ1) is 17.0. The highest BCUT2D eigenvalue weighted by Crippen LogP contribution is 2.31. The SMILES string of the molecule is CCOCC(C)OC(c1ccccc1OC)C(N)CC. The summed E-state index contributed by atoms with van der Waals surface area (Å²) in [6.45, 7) is 7.29. The molecule has 0 saturated carbocycles. The molecule has 20 heavy (non-hydrogen) atoms. The van der Waals surface area contributed by atoms with Gasteiger partial charge in [-0.3, -0.25) is 0 Å². The van der Waals surface area contributed by atoms with Gasteiger partial charge in [0.2, 0.25) is 0 Å². The number of para-hydroxylation sites is 1. The van der Waals surface area contributed by atoms with E-state index < -0.39 is 0 Å². The molecule has 2 N–H and O–H groups in total. The zero-order valence-electron chi connectivity index (χ0n) is 13.0. The van der Waals surface area contributed by atoms with Gasteiger partial charge in [-0.1, -0.05) is 25.1 Å². The molecule has 0 aliphatic carbocycles. The van der Waals surface area contributed by atoms with Crippen LogP contribution in [-0.4, -0.2) is 32.5 Å². The molecule has 0 radical (unpaired) electrons. The predicted molar refractivity (Wildman–Crippen MR) is 81.0 cm³/mol. The first-order valence-electron chi connectivity index (χ1n) is 7.25. The molecule has 0 saturated heterocycles. The Kier molecular flexibility index (Phi) is 7.59. The second kappa shape index (κ2) is 8.95. The van der Waals surface area contributed by atoms with Crippen LogP contribution in [0.15, 0.2) is 24.3 Å². The van der Waals surface area contributed by atoms with E-state index in [1.165, 1.54) is 0 Å². The van der Waals surface area contributed by atoms with Crippen LogP contribution in [0, 0.1) is 0 Å². The molecule has 1 rings (SSSR count). The second-order valence-corrected chi connectivity index (χ2v) is 4.84. The van der Waals surface area contributed by atoms with E-state index in [0.717, 1.165) is 17.7 Å². The summed E-state index contributed by atoms with van der Waals surface area (Å²) in [6, 6.07) is 7.79. The number of hydrogen-bond donors (Lipinski definition) is 1. The molecule has 1 aromatic rings. The van der Waals surface area contributed by atoms with Crippen molar-refractivity contribution in [2.75, 3.05) is 20.3 Å². The van der Waals surface area contributed by atoms with E-state index in [0.29, 0.717) is 13.2 Å². The van der Waals surface area contributed by atoms with Gasteiger partial charge in [-0.2, -0.15) is 0 Å². The topological polar surface area (TPSA) is 53.7 Å². The highest BCUT2D eigenvalue weighted by Gasteiger charge is 2.24. The minimum Gasteiger partial charge on any atom is -0.496 e. The van der Waals surface area contributed by atoms with Gasteiger partial charge in [0.25, 0.3) is 0 Å². The first-order chi connectivity index (χ1) is 9.63. The maximum Gasteiger partial charge on any atom is 0.124 e. The zero-order valence-corrected chi connectivity index (χ0v) is 13.0. The van der Waals surface area contributed by atoms with Gasteiger partial charge in [0.1, 0.15) is 11.9 Å². The first-order valence-corrected chi connectivity index (χ1v) is 7.25. The molecule has 3 atom stereocenters. The van der Waals surface area contributed by atoms with Gasteiger partial charge in [-0.15, -0.1) is 0 Å². The molecule has 0 aliphatic heterocycles. The van der Waals surface area contributed by atoms with Crippen LogP contribution in [0.4, 0.5) is 0 Å². The van der Waals surface area contributed by atoms with Crippen molar-refractivity contribution in [2.24, 2.45) is 5.73 Å². The summed E-state index contributed by atoms with van der Waals surface area (Å²) >= 11 is 0. The number of benzene rings is 1. The highest BCUT2D eigenvalue weighted by molar-refractivity contribution is 5.36. The Morgan fingerprint density at radius 3 is 2.50 bits per heavy atom. The molecule has 4 heteroatoms. The van der Waals surface area contributed by atoms with Crippen LogP contribution < -0.4 is 10.5 Å². The van der Waals surface area contributed by atoms with E-state index in [4.69, 9.17) is 19.9 Å². The van der Waals surface area contributed by atoms with Crippen LogP contribution in [-0.2, 0) is 9.47 Å². The third-order valence-electron chi connectivity index (χ3n) is 3.24. The fraction of sp³-hybridized carbons (Fsp3) is 0.625. The number of methoxy groups -OCH3 is 1. The predicted octanol–water partition coefficient (Wildman–Crippen LogP) is 2.92. The number of rotatable bonds is 9. The monoisotopic (exact) mass is 281 g/mol. The molecule has 0 spiro atoms. The van der Waals surface area contributed by atoms with E-state index in [2.05, 4.69) is 6.92 Å². The van der Waals surface area contributed by atoms with Gasteiger partial charge >= 0.3 is 0 Å². The quantitative estimate of drug-likeness (QED) is 0.756. The van der Waals surface area contributed by atoms with Gasteiger partial charge in [-0.25, -0.2) is 0 Å². The lowest BCUT2D eigenvalue weighted by Crippen LogP contribution is -2.33. The van der Waals surface area contributed by atoms with Crippen molar-refractivity contribution in [2.45, 2.75) is 45.4 Å². The molecule has 0 fully saturated rings. The molecule has 114 valence electrons. The van der Waals surface area contributed by atoms with Crippen LogP contribution in [0.2, 0.25) is 0 Å². The van der Waals surface area contributed by atoms with E-state index >= 15 is 0 Å². The average Bonchev–Trinajstić information content (AvgIpc) is 2.49. The fourth-order valence-corrected chi connectivity index (χ4v) is 2.09. The molecular weight excluding hydrogens is 254 g/mol. The van der Waals surface area contributed by atoms with Gasteiger partial charge in [-0.05, 0) is 26.3 Å². The van der Waals surface area contributed by atoms with E-state index in [-0.39, 0.29) is 18.2 Å². The van der Waals surface area contributed by atoms with Crippen LogP contribution in [0.25, 0.3) is 0 Å². The minimum absolute atomic E-state index is 0.0116. The van der Waals surface area contributed by atoms with Crippen molar-refractivity contribution in [3.8, 4) is 5.75 Å². The molecule has 3 unspecified atom stereocenters.